The van der Waals surface area contributed by atoms with Crippen molar-refractivity contribution in [1.29, 1.82) is 0 Å². The Hall–Kier alpha value is -1.77. The lowest BCUT2D eigenvalue weighted by atomic mass is 10.2. The molecule has 0 atom stereocenters. The maximum absolute atomic E-state index is 10.2. The Bertz CT molecular complexity index is 328. The van der Waals surface area contributed by atoms with Crippen LogP contribution in [0.1, 0.15) is 12.5 Å². The molecular weight excluding hydrogens is 180 g/mol. The van der Waals surface area contributed by atoms with Crippen LogP contribution < -0.4 is 0 Å². The lowest BCUT2D eigenvalue weighted by molar-refractivity contribution is 0.280. The molecule has 3 nitrogen and oxygen atoms in total. The lowest BCUT2D eigenvalue weighted by Gasteiger charge is -2.07. The van der Waals surface area contributed by atoms with Gasteiger partial charge in [-0.25, -0.2) is 4.79 Å². The minimum Gasteiger partial charge on any atom is -0.497 e. The predicted octanol–water partition coefficient (Wildman–Crippen LogP) is 2.11. The van der Waals surface area contributed by atoms with Crippen molar-refractivity contribution in [2.45, 2.75) is 6.92 Å². The third kappa shape index (κ3) is 2.36. The zero-order chi connectivity index (χ0) is 10.4. The number of methoxy groups -OCH3 is 1. The third-order valence-electron chi connectivity index (χ3n) is 1.81. The predicted molar refractivity (Wildman–Crippen MR) is 52.8 cm³/mol. The highest BCUT2D eigenvalue weighted by Gasteiger charge is 2.07. The number of hydrogen-bond acceptors (Lipinski definition) is 3. The van der Waals surface area contributed by atoms with Crippen molar-refractivity contribution < 1.29 is 14.3 Å². The molecule has 0 N–H and O–H groups in total. The highest BCUT2D eigenvalue weighted by Crippen LogP contribution is 2.19. The average Bonchev–Trinajstić information content (AvgIpc) is 2.26. The molecule has 0 spiro atoms. The molecule has 73 valence electrons. The first-order valence-electron chi connectivity index (χ1n) is 4.14. The van der Waals surface area contributed by atoms with Gasteiger partial charge in [0.1, 0.15) is 5.76 Å². The molecule has 1 aromatic carbocycles. The molecule has 0 heterocycles. The Balaban J connectivity index is 3.07. The molecule has 0 fully saturated rings. The van der Waals surface area contributed by atoms with Gasteiger partial charge in [-0.2, -0.15) is 0 Å². The van der Waals surface area contributed by atoms with E-state index in [2.05, 4.69) is 0 Å². The summed E-state index contributed by atoms with van der Waals surface area (Å²) in [5.74, 6) is 0.933. The van der Waals surface area contributed by atoms with Crippen molar-refractivity contribution in [2.24, 2.45) is 0 Å². The largest absolute Gasteiger partial charge is 0.497 e. The molecule has 0 amide bonds. The molecule has 1 aromatic rings. The van der Waals surface area contributed by atoms with Crippen LogP contribution in [0.4, 0.5) is 0 Å². The molecule has 0 bridgehead atoms. The SMILES string of the molecule is COC(C)=C(O[C]=O)c1ccccc1. The van der Waals surface area contributed by atoms with Crippen molar-refractivity contribution in [3.63, 3.8) is 0 Å². The Morgan fingerprint density at radius 3 is 2.43 bits per heavy atom. The zero-order valence-electron chi connectivity index (χ0n) is 8.11. The zero-order valence-corrected chi connectivity index (χ0v) is 8.11. The molecule has 0 unspecified atom stereocenters. The van der Waals surface area contributed by atoms with Crippen LogP contribution in [0.3, 0.4) is 0 Å². The summed E-state index contributed by atoms with van der Waals surface area (Å²) in [6.07, 6.45) is 0. The molecule has 0 saturated carbocycles. The molecule has 0 aliphatic heterocycles. The van der Waals surface area contributed by atoms with Gasteiger partial charge in [0, 0.05) is 5.56 Å². The summed E-state index contributed by atoms with van der Waals surface area (Å²) in [6, 6.07) is 9.25. The number of allylic oxidation sites excluding steroid dienone is 1. The van der Waals surface area contributed by atoms with E-state index in [1.807, 2.05) is 30.3 Å². The lowest BCUT2D eigenvalue weighted by Crippen LogP contribution is -1.95. The van der Waals surface area contributed by atoms with E-state index in [9.17, 15) is 4.79 Å². The van der Waals surface area contributed by atoms with E-state index >= 15 is 0 Å². The summed E-state index contributed by atoms with van der Waals surface area (Å²) in [4.78, 5) is 10.2. The minimum atomic E-state index is 0.392. The van der Waals surface area contributed by atoms with Gasteiger partial charge in [0.2, 0.25) is 0 Å². The van der Waals surface area contributed by atoms with Crippen molar-refractivity contribution in [2.75, 3.05) is 7.11 Å². The first-order chi connectivity index (χ1) is 6.79. The van der Waals surface area contributed by atoms with Crippen LogP contribution in [0.15, 0.2) is 36.1 Å². The van der Waals surface area contributed by atoms with Crippen LogP contribution in [0.25, 0.3) is 5.76 Å². The normalized spacial score (nSPS) is 11.6. The smallest absolute Gasteiger partial charge is 0.423 e. The summed E-state index contributed by atoms with van der Waals surface area (Å²) in [6.45, 7) is 3.12. The molecular formula is C11H11O3. The monoisotopic (exact) mass is 191 g/mol. The molecule has 0 aliphatic rings. The average molecular weight is 191 g/mol. The van der Waals surface area contributed by atoms with Crippen LogP contribution >= 0.6 is 0 Å². The highest BCUT2D eigenvalue weighted by molar-refractivity contribution is 5.67. The van der Waals surface area contributed by atoms with Crippen LogP contribution in [0.5, 0.6) is 0 Å². The van der Waals surface area contributed by atoms with Gasteiger partial charge in [0.25, 0.3) is 0 Å². The Kier molecular flexibility index (Phi) is 3.73. The Morgan fingerprint density at radius 2 is 1.93 bits per heavy atom. The maximum atomic E-state index is 10.2. The van der Waals surface area contributed by atoms with Crippen LogP contribution in [-0.4, -0.2) is 13.6 Å². The number of ether oxygens (including phenoxy) is 2. The van der Waals surface area contributed by atoms with Crippen molar-refractivity contribution in [1.82, 2.24) is 0 Å². The van der Waals surface area contributed by atoms with Gasteiger partial charge in [-0.15, -0.1) is 0 Å². The van der Waals surface area contributed by atoms with Gasteiger partial charge < -0.3 is 9.47 Å². The van der Waals surface area contributed by atoms with Gasteiger partial charge in [0.05, 0.1) is 7.11 Å². The van der Waals surface area contributed by atoms with Gasteiger partial charge >= 0.3 is 6.47 Å². The number of hydrogen-bond donors (Lipinski definition) is 0. The molecule has 14 heavy (non-hydrogen) atoms. The summed E-state index contributed by atoms with van der Waals surface area (Å²) in [5, 5.41) is 0. The molecule has 3 heteroatoms. The number of carbonyl (C=O) groups excluding carboxylic acids is 1. The minimum absolute atomic E-state index is 0.392. The third-order valence-corrected chi connectivity index (χ3v) is 1.81. The second-order valence-electron chi connectivity index (χ2n) is 2.64. The van der Waals surface area contributed by atoms with Gasteiger partial charge in [-0.05, 0) is 6.92 Å². The second-order valence-corrected chi connectivity index (χ2v) is 2.64. The maximum Gasteiger partial charge on any atom is 0.423 e. The van der Waals surface area contributed by atoms with Crippen LogP contribution in [-0.2, 0) is 14.3 Å². The molecule has 0 saturated heterocycles. The standard InChI is InChI=1S/C11H11O3/c1-9(13-2)11(14-8-12)10-6-4-3-5-7-10/h3-7H,1-2H3. The fourth-order valence-corrected chi connectivity index (χ4v) is 1.06. The quantitative estimate of drug-likeness (QED) is 0.684. The number of rotatable bonds is 4. The van der Waals surface area contributed by atoms with E-state index in [0.717, 1.165) is 5.56 Å². The van der Waals surface area contributed by atoms with E-state index in [-0.39, 0.29) is 0 Å². The van der Waals surface area contributed by atoms with E-state index in [1.165, 1.54) is 13.6 Å². The van der Waals surface area contributed by atoms with Gasteiger partial charge in [0.15, 0.2) is 5.76 Å². The number of benzene rings is 1. The first kappa shape index (κ1) is 10.3. The molecule has 0 aliphatic carbocycles. The fourth-order valence-electron chi connectivity index (χ4n) is 1.06. The van der Waals surface area contributed by atoms with Crippen molar-refractivity contribution in [3.05, 3.63) is 41.7 Å². The fraction of sp³-hybridized carbons (Fsp3) is 0.182. The molecule has 1 rings (SSSR count). The van der Waals surface area contributed by atoms with E-state index in [4.69, 9.17) is 9.47 Å². The summed E-state index contributed by atoms with van der Waals surface area (Å²) in [7, 11) is 1.52. The summed E-state index contributed by atoms with van der Waals surface area (Å²) in [5.41, 5.74) is 0.787. The van der Waals surface area contributed by atoms with Gasteiger partial charge in [-0.1, -0.05) is 30.3 Å². The summed E-state index contributed by atoms with van der Waals surface area (Å²) >= 11 is 0. The highest BCUT2D eigenvalue weighted by atomic mass is 16.5. The van der Waals surface area contributed by atoms with Crippen molar-refractivity contribution in [3.8, 4) is 0 Å². The Morgan fingerprint density at radius 1 is 1.29 bits per heavy atom. The summed E-state index contributed by atoms with van der Waals surface area (Å²) < 4.78 is 9.72. The van der Waals surface area contributed by atoms with Crippen LogP contribution in [0, 0.1) is 0 Å². The van der Waals surface area contributed by atoms with Crippen LogP contribution in [0.2, 0.25) is 0 Å². The second kappa shape index (κ2) is 5.07. The van der Waals surface area contributed by atoms with E-state index in [1.54, 1.807) is 6.92 Å². The molecule has 0 aromatic heterocycles. The molecule has 1 radical (unpaired) electrons. The van der Waals surface area contributed by atoms with E-state index in [0.29, 0.717) is 11.5 Å². The topological polar surface area (TPSA) is 35.5 Å². The van der Waals surface area contributed by atoms with Gasteiger partial charge in [-0.3, -0.25) is 0 Å². The van der Waals surface area contributed by atoms with Crippen molar-refractivity contribution >= 4 is 12.2 Å². The Labute approximate surface area is 83.0 Å². The first-order valence-corrected chi connectivity index (χ1v) is 4.14. The van der Waals surface area contributed by atoms with E-state index < -0.39 is 0 Å².